The molecule has 0 aromatic rings. The minimum absolute atomic E-state index is 0.230. The lowest BCUT2D eigenvalue weighted by Gasteiger charge is -2.14. The first-order chi connectivity index (χ1) is 6.70. The highest BCUT2D eigenvalue weighted by atomic mass is 16.5. The van der Waals surface area contributed by atoms with Gasteiger partial charge in [-0.15, -0.1) is 0 Å². The fourth-order valence-corrected chi connectivity index (χ4v) is 0.918. The Morgan fingerprint density at radius 2 is 1.93 bits per heavy atom. The Morgan fingerprint density at radius 1 is 1.36 bits per heavy atom. The number of rotatable bonds is 6. The largest absolute Gasteiger partial charge is 0.466 e. The Kier molecular flexibility index (Phi) is 7.12. The number of hydrogen-bond acceptors (Lipinski definition) is 5. The summed E-state index contributed by atoms with van der Waals surface area (Å²) in [4.78, 5) is 12.1. The summed E-state index contributed by atoms with van der Waals surface area (Å²) in [7, 11) is 0. The van der Waals surface area contributed by atoms with Crippen LogP contribution in [-0.2, 0) is 9.53 Å². The first kappa shape index (κ1) is 12.4. The van der Waals surface area contributed by atoms with Crippen molar-refractivity contribution < 1.29 is 9.53 Å². The van der Waals surface area contributed by atoms with Crippen LogP contribution < -0.4 is 0 Å². The molecule has 0 aliphatic carbocycles. The molecule has 5 nitrogen and oxygen atoms in total. The first-order valence-corrected chi connectivity index (χ1v) is 4.30. The molecule has 0 saturated carbocycles. The van der Waals surface area contributed by atoms with E-state index < -0.39 is 0 Å². The lowest BCUT2D eigenvalue weighted by atomic mass is 10.4. The van der Waals surface area contributed by atoms with Crippen LogP contribution in [0.5, 0.6) is 0 Å². The van der Waals surface area contributed by atoms with Crippen LogP contribution in [0.3, 0.4) is 0 Å². The summed E-state index contributed by atoms with van der Waals surface area (Å²) in [5, 5.41) is 16.8. The Labute approximate surface area is 83.5 Å². The Morgan fingerprint density at radius 3 is 2.36 bits per heavy atom. The molecule has 0 bridgehead atoms. The second kappa shape index (κ2) is 8.03. The zero-order valence-electron chi connectivity index (χ0n) is 8.19. The van der Waals surface area contributed by atoms with Crippen molar-refractivity contribution in [3.63, 3.8) is 0 Å². The number of ether oxygens (including phenoxy) is 1. The number of nitriles is 2. The van der Waals surface area contributed by atoms with Gasteiger partial charge in [-0.25, -0.2) is 0 Å². The maximum Gasteiger partial charge on any atom is 0.302 e. The van der Waals surface area contributed by atoms with E-state index in [4.69, 9.17) is 15.3 Å². The van der Waals surface area contributed by atoms with Gasteiger partial charge in [0, 0.05) is 13.5 Å². The summed E-state index contributed by atoms with van der Waals surface area (Å²) in [6.07, 6.45) is 0.642. The summed E-state index contributed by atoms with van der Waals surface area (Å²) in [5.41, 5.74) is 0. The van der Waals surface area contributed by atoms with Crippen LogP contribution in [0.15, 0.2) is 0 Å². The van der Waals surface area contributed by atoms with Gasteiger partial charge in [-0.2, -0.15) is 10.5 Å². The predicted octanol–water partition coefficient (Wildman–Crippen LogP) is 0.289. The molecule has 0 aliphatic rings. The molecule has 5 heteroatoms. The van der Waals surface area contributed by atoms with Gasteiger partial charge in [-0.1, -0.05) is 0 Å². The third kappa shape index (κ3) is 7.08. The fraction of sp³-hybridized carbons (Fsp3) is 0.667. The van der Waals surface area contributed by atoms with E-state index in [1.807, 2.05) is 12.1 Å². The summed E-state index contributed by atoms with van der Waals surface area (Å²) in [6, 6.07) is 3.94. The lowest BCUT2D eigenvalue weighted by Crippen LogP contribution is -2.26. The van der Waals surface area contributed by atoms with Gasteiger partial charge in [0.05, 0.1) is 31.8 Å². The van der Waals surface area contributed by atoms with Crippen molar-refractivity contribution in [2.24, 2.45) is 0 Å². The maximum atomic E-state index is 10.4. The second-order valence-electron chi connectivity index (χ2n) is 2.72. The zero-order chi connectivity index (χ0) is 10.8. The van der Waals surface area contributed by atoms with Gasteiger partial charge in [0.2, 0.25) is 0 Å². The van der Waals surface area contributed by atoms with E-state index in [2.05, 4.69) is 0 Å². The van der Waals surface area contributed by atoms with Gasteiger partial charge in [0.15, 0.2) is 0 Å². The zero-order valence-corrected chi connectivity index (χ0v) is 8.19. The predicted molar refractivity (Wildman–Crippen MR) is 48.9 cm³/mol. The summed E-state index contributed by atoms with van der Waals surface area (Å²) in [5.74, 6) is -0.308. The van der Waals surface area contributed by atoms with Gasteiger partial charge in [-0.05, 0) is 6.42 Å². The molecule has 0 fully saturated rings. The Bertz CT molecular complexity index is 236. The van der Waals surface area contributed by atoms with Crippen molar-refractivity contribution in [3.05, 3.63) is 0 Å². The Balaban J connectivity index is 3.57. The molecule has 0 aliphatic heterocycles. The monoisotopic (exact) mass is 195 g/mol. The van der Waals surface area contributed by atoms with Gasteiger partial charge in [-0.3, -0.25) is 9.69 Å². The minimum atomic E-state index is -0.308. The molecule has 0 atom stereocenters. The molecule has 0 saturated heterocycles. The van der Waals surface area contributed by atoms with Crippen LogP contribution in [0.1, 0.15) is 13.3 Å². The number of carbonyl (C=O) groups is 1. The molecule has 0 N–H and O–H groups in total. The van der Waals surface area contributed by atoms with E-state index >= 15 is 0 Å². The molecule has 0 aromatic heterocycles. The summed E-state index contributed by atoms with van der Waals surface area (Å²) in [6.45, 7) is 2.74. The van der Waals surface area contributed by atoms with Crippen molar-refractivity contribution in [2.75, 3.05) is 26.2 Å². The quantitative estimate of drug-likeness (QED) is 0.346. The van der Waals surface area contributed by atoms with Crippen molar-refractivity contribution in [1.29, 1.82) is 10.5 Å². The van der Waals surface area contributed by atoms with Gasteiger partial charge < -0.3 is 4.74 Å². The molecule has 14 heavy (non-hydrogen) atoms. The molecule has 76 valence electrons. The van der Waals surface area contributed by atoms with Crippen LogP contribution >= 0.6 is 0 Å². The van der Waals surface area contributed by atoms with E-state index in [1.54, 1.807) is 4.90 Å². The smallest absolute Gasteiger partial charge is 0.302 e. The van der Waals surface area contributed by atoms with E-state index in [-0.39, 0.29) is 19.1 Å². The van der Waals surface area contributed by atoms with Gasteiger partial charge in [0.1, 0.15) is 0 Å². The molecule has 0 unspecified atom stereocenters. The van der Waals surface area contributed by atoms with Crippen LogP contribution in [0.4, 0.5) is 0 Å². The highest BCUT2D eigenvalue weighted by molar-refractivity contribution is 5.65. The van der Waals surface area contributed by atoms with E-state index in [0.29, 0.717) is 19.6 Å². The van der Waals surface area contributed by atoms with Crippen LogP contribution in [0.25, 0.3) is 0 Å². The molecular weight excluding hydrogens is 182 g/mol. The van der Waals surface area contributed by atoms with E-state index in [0.717, 1.165) is 0 Å². The molecule has 0 amide bonds. The topological polar surface area (TPSA) is 77.1 Å². The third-order valence-corrected chi connectivity index (χ3v) is 1.51. The number of esters is 1. The van der Waals surface area contributed by atoms with Crippen molar-refractivity contribution in [1.82, 2.24) is 4.90 Å². The summed E-state index contributed by atoms with van der Waals surface area (Å²) < 4.78 is 4.72. The van der Waals surface area contributed by atoms with E-state index in [9.17, 15) is 4.79 Å². The van der Waals surface area contributed by atoms with Gasteiger partial charge >= 0.3 is 5.97 Å². The van der Waals surface area contributed by atoms with Crippen LogP contribution in [0, 0.1) is 22.7 Å². The standard InChI is InChI=1S/C9H13N3O2/c1-9(13)14-8-2-5-12(6-3-10)7-4-11/h2,5-8H2,1H3. The first-order valence-electron chi connectivity index (χ1n) is 4.30. The fourth-order valence-electron chi connectivity index (χ4n) is 0.918. The van der Waals surface area contributed by atoms with Crippen molar-refractivity contribution in [2.45, 2.75) is 13.3 Å². The molecule has 0 rings (SSSR count). The second-order valence-corrected chi connectivity index (χ2v) is 2.72. The number of carbonyl (C=O) groups excluding carboxylic acids is 1. The molecule has 0 radical (unpaired) electrons. The lowest BCUT2D eigenvalue weighted by molar-refractivity contribution is -0.141. The third-order valence-electron chi connectivity index (χ3n) is 1.51. The van der Waals surface area contributed by atoms with Gasteiger partial charge in [0.25, 0.3) is 0 Å². The highest BCUT2D eigenvalue weighted by Gasteiger charge is 2.02. The molecular formula is C9H13N3O2. The van der Waals surface area contributed by atoms with Crippen molar-refractivity contribution >= 4 is 5.97 Å². The highest BCUT2D eigenvalue weighted by Crippen LogP contribution is 1.91. The molecule has 0 spiro atoms. The van der Waals surface area contributed by atoms with Crippen LogP contribution in [0.2, 0.25) is 0 Å². The SMILES string of the molecule is CC(=O)OCCCN(CC#N)CC#N. The van der Waals surface area contributed by atoms with Crippen molar-refractivity contribution in [3.8, 4) is 12.1 Å². The normalized spacial score (nSPS) is 9.14. The molecule has 0 heterocycles. The number of nitrogens with zero attached hydrogens (tertiary/aromatic N) is 3. The average molecular weight is 195 g/mol. The Hall–Kier alpha value is -1.59. The maximum absolute atomic E-state index is 10.4. The molecule has 0 aromatic carbocycles. The minimum Gasteiger partial charge on any atom is -0.466 e. The van der Waals surface area contributed by atoms with E-state index in [1.165, 1.54) is 6.92 Å². The number of hydrogen-bond donors (Lipinski definition) is 0. The average Bonchev–Trinajstić information content (AvgIpc) is 2.12. The summed E-state index contributed by atoms with van der Waals surface area (Å²) >= 11 is 0. The van der Waals surface area contributed by atoms with Crippen LogP contribution in [-0.4, -0.2) is 37.1 Å².